The van der Waals surface area contributed by atoms with E-state index in [4.69, 9.17) is 14.0 Å². The third kappa shape index (κ3) is 3.32. The summed E-state index contributed by atoms with van der Waals surface area (Å²) in [7, 11) is 3.32. The molecule has 4 rings (SSSR count). The number of aromatic nitrogens is 2. The Kier molecular flexibility index (Phi) is 4.90. The molecule has 0 N–H and O–H groups in total. The molecule has 3 aromatic rings. The first kappa shape index (κ1) is 17.1. The van der Waals surface area contributed by atoms with E-state index in [-0.39, 0.29) is 0 Å². The molecule has 0 amide bonds. The van der Waals surface area contributed by atoms with Crippen LogP contribution in [0, 0.1) is 0 Å². The fraction of sp³-hybridized carbons (Fsp3) is 0.368. The molecule has 7 heteroatoms. The predicted octanol–water partition coefficient (Wildman–Crippen LogP) is 4.15. The van der Waals surface area contributed by atoms with Crippen molar-refractivity contribution in [2.24, 2.45) is 0 Å². The van der Waals surface area contributed by atoms with E-state index in [0.717, 1.165) is 36.4 Å². The SMILES string of the molecule is COc1ccc(C2CCCN2Cc2nc(-c3ccsc3)no2)cc1OC. The fourth-order valence-electron chi connectivity index (χ4n) is 3.45. The molecule has 1 saturated heterocycles. The quantitative estimate of drug-likeness (QED) is 0.649. The van der Waals surface area contributed by atoms with E-state index in [9.17, 15) is 0 Å². The van der Waals surface area contributed by atoms with Crippen molar-refractivity contribution in [1.29, 1.82) is 0 Å². The van der Waals surface area contributed by atoms with Crippen LogP contribution in [0.3, 0.4) is 0 Å². The largest absolute Gasteiger partial charge is 0.493 e. The van der Waals surface area contributed by atoms with Gasteiger partial charge in [0.1, 0.15) is 0 Å². The molecule has 1 unspecified atom stereocenters. The van der Waals surface area contributed by atoms with Gasteiger partial charge in [-0.3, -0.25) is 4.90 Å². The van der Waals surface area contributed by atoms with Crippen LogP contribution in [-0.2, 0) is 6.54 Å². The van der Waals surface area contributed by atoms with E-state index in [1.807, 2.05) is 22.9 Å². The van der Waals surface area contributed by atoms with E-state index in [1.54, 1.807) is 25.6 Å². The third-order valence-electron chi connectivity index (χ3n) is 4.74. The highest BCUT2D eigenvalue weighted by atomic mass is 32.1. The van der Waals surface area contributed by atoms with E-state index in [1.165, 1.54) is 5.56 Å². The Bertz CT molecular complexity index is 863. The van der Waals surface area contributed by atoms with Gasteiger partial charge in [0.05, 0.1) is 20.8 Å². The highest BCUT2D eigenvalue weighted by molar-refractivity contribution is 7.08. The summed E-state index contributed by atoms with van der Waals surface area (Å²) in [4.78, 5) is 6.93. The average molecular weight is 371 g/mol. The Hall–Kier alpha value is -2.38. The summed E-state index contributed by atoms with van der Waals surface area (Å²) in [5.74, 6) is 2.81. The van der Waals surface area contributed by atoms with Gasteiger partial charge < -0.3 is 14.0 Å². The maximum absolute atomic E-state index is 5.47. The van der Waals surface area contributed by atoms with Crippen LogP contribution in [0.4, 0.5) is 0 Å². The van der Waals surface area contributed by atoms with Gasteiger partial charge in [-0.05, 0) is 48.5 Å². The van der Waals surface area contributed by atoms with Crippen molar-refractivity contribution in [3.63, 3.8) is 0 Å². The number of benzene rings is 1. The van der Waals surface area contributed by atoms with Crippen LogP contribution in [0.1, 0.15) is 30.3 Å². The number of hydrogen-bond acceptors (Lipinski definition) is 7. The van der Waals surface area contributed by atoms with Crippen molar-refractivity contribution in [2.75, 3.05) is 20.8 Å². The summed E-state index contributed by atoms with van der Waals surface area (Å²) >= 11 is 1.63. The molecule has 1 aromatic carbocycles. The zero-order chi connectivity index (χ0) is 17.9. The smallest absolute Gasteiger partial charge is 0.241 e. The van der Waals surface area contributed by atoms with Crippen molar-refractivity contribution in [3.05, 3.63) is 46.5 Å². The molecular weight excluding hydrogens is 350 g/mol. The minimum atomic E-state index is 0.311. The summed E-state index contributed by atoms with van der Waals surface area (Å²) in [5.41, 5.74) is 2.22. The van der Waals surface area contributed by atoms with Crippen LogP contribution in [0.2, 0.25) is 0 Å². The second-order valence-corrected chi connectivity index (χ2v) is 7.05. The molecule has 1 fully saturated rings. The average Bonchev–Trinajstić information content (AvgIpc) is 3.42. The lowest BCUT2D eigenvalue weighted by Crippen LogP contribution is -2.23. The topological polar surface area (TPSA) is 60.6 Å². The zero-order valence-electron chi connectivity index (χ0n) is 14.8. The van der Waals surface area contributed by atoms with Crippen molar-refractivity contribution < 1.29 is 14.0 Å². The summed E-state index contributed by atoms with van der Waals surface area (Å²) in [6.07, 6.45) is 2.24. The Morgan fingerprint density at radius 1 is 1.23 bits per heavy atom. The van der Waals surface area contributed by atoms with Gasteiger partial charge in [0.2, 0.25) is 11.7 Å². The molecule has 1 aliphatic rings. The molecule has 0 radical (unpaired) electrons. The van der Waals surface area contributed by atoms with Crippen molar-refractivity contribution >= 4 is 11.3 Å². The number of thiophene rings is 1. The molecule has 0 saturated carbocycles. The monoisotopic (exact) mass is 371 g/mol. The van der Waals surface area contributed by atoms with E-state index in [2.05, 4.69) is 27.2 Å². The van der Waals surface area contributed by atoms with Gasteiger partial charge in [-0.1, -0.05) is 11.2 Å². The molecule has 2 aromatic heterocycles. The molecule has 1 atom stereocenters. The lowest BCUT2D eigenvalue weighted by Gasteiger charge is -2.23. The van der Waals surface area contributed by atoms with Crippen LogP contribution in [0.15, 0.2) is 39.5 Å². The lowest BCUT2D eigenvalue weighted by atomic mass is 10.0. The molecule has 136 valence electrons. The van der Waals surface area contributed by atoms with E-state index < -0.39 is 0 Å². The predicted molar refractivity (Wildman–Crippen MR) is 99.5 cm³/mol. The van der Waals surface area contributed by atoms with Crippen molar-refractivity contribution in [1.82, 2.24) is 15.0 Å². The molecule has 0 bridgehead atoms. The number of methoxy groups -OCH3 is 2. The summed E-state index contributed by atoms with van der Waals surface area (Å²) < 4.78 is 16.3. The maximum Gasteiger partial charge on any atom is 0.241 e. The second-order valence-electron chi connectivity index (χ2n) is 6.27. The third-order valence-corrected chi connectivity index (χ3v) is 5.43. The number of nitrogens with zero attached hydrogens (tertiary/aromatic N) is 3. The number of ether oxygens (including phenoxy) is 2. The highest BCUT2D eigenvalue weighted by Crippen LogP contribution is 2.37. The Labute approximate surface area is 156 Å². The fourth-order valence-corrected chi connectivity index (χ4v) is 4.09. The van der Waals surface area contributed by atoms with Gasteiger partial charge in [-0.2, -0.15) is 16.3 Å². The Balaban J connectivity index is 1.52. The second kappa shape index (κ2) is 7.47. The molecular formula is C19H21N3O3S. The summed E-state index contributed by atoms with van der Waals surface area (Å²) in [6, 6.07) is 8.45. The summed E-state index contributed by atoms with van der Waals surface area (Å²) in [5, 5.41) is 8.14. The van der Waals surface area contributed by atoms with Gasteiger partial charge in [0.25, 0.3) is 0 Å². The molecule has 0 spiro atoms. The number of likely N-dealkylation sites (tertiary alicyclic amines) is 1. The Morgan fingerprint density at radius 2 is 2.12 bits per heavy atom. The normalized spacial score (nSPS) is 17.5. The zero-order valence-corrected chi connectivity index (χ0v) is 15.7. The standard InChI is InChI=1S/C19H21N3O3S/c1-23-16-6-5-13(10-17(16)24-2)15-4-3-8-22(15)11-18-20-19(21-25-18)14-7-9-26-12-14/h5-7,9-10,12,15H,3-4,8,11H2,1-2H3. The first-order valence-electron chi connectivity index (χ1n) is 8.59. The van der Waals surface area contributed by atoms with Crippen molar-refractivity contribution in [3.8, 4) is 22.9 Å². The van der Waals surface area contributed by atoms with Crippen LogP contribution < -0.4 is 9.47 Å². The van der Waals surface area contributed by atoms with Crippen LogP contribution in [0.5, 0.6) is 11.5 Å². The van der Waals surface area contributed by atoms with E-state index >= 15 is 0 Å². The van der Waals surface area contributed by atoms with Crippen molar-refractivity contribution in [2.45, 2.75) is 25.4 Å². The number of hydrogen-bond donors (Lipinski definition) is 0. The molecule has 0 aliphatic carbocycles. The summed E-state index contributed by atoms with van der Waals surface area (Å²) in [6.45, 7) is 1.66. The van der Waals surface area contributed by atoms with Gasteiger partial charge >= 0.3 is 0 Å². The minimum absolute atomic E-state index is 0.311. The minimum Gasteiger partial charge on any atom is -0.493 e. The van der Waals surface area contributed by atoms with Crippen LogP contribution >= 0.6 is 11.3 Å². The molecule has 3 heterocycles. The van der Waals surface area contributed by atoms with Crippen LogP contribution in [0.25, 0.3) is 11.4 Å². The van der Waals surface area contributed by atoms with Gasteiger partial charge in [0, 0.05) is 17.0 Å². The first-order valence-corrected chi connectivity index (χ1v) is 9.54. The number of rotatable bonds is 6. The van der Waals surface area contributed by atoms with Crippen LogP contribution in [-0.4, -0.2) is 35.8 Å². The van der Waals surface area contributed by atoms with Gasteiger partial charge in [0.15, 0.2) is 11.5 Å². The lowest BCUT2D eigenvalue weighted by molar-refractivity contribution is 0.212. The molecule has 6 nitrogen and oxygen atoms in total. The first-order chi connectivity index (χ1) is 12.8. The molecule has 1 aliphatic heterocycles. The highest BCUT2D eigenvalue weighted by Gasteiger charge is 2.28. The maximum atomic E-state index is 5.47. The Morgan fingerprint density at radius 3 is 2.88 bits per heavy atom. The van der Waals surface area contributed by atoms with Gasteiger partial charge in [-0.25, -0.2) is 0 Å². The van der Waals surface area contributed by atoms with Gasteiger partial charge in [-0.15, -0.1) is 0 Å². The van der Waals surface area contributed by atoms with E-state index in [0.29, 0.717) is 24.3 Å². The molecule has 26 heavy (non-hydrogen) atoms.